The molecule has 1 aliphatic heterocycles. The van der Waals surface area contributed by atoms with Crippen molar-refractivity contribution in [2.45, 2.75) is 26.2 Å². The van der Waals surface area contributed by atoms with Gasteiger partial charge in [-0.15, -0.1) is 0 Å². The van der Waals surface area contributed by atoms with Crippen molar-refractivity contribution >= 4 is 5.91 Å². The summed E-state index contributed by atoms with van der Waals surface area (Å²) in [5.74, 6) is 0.112. The molecule has 1 fully saturated rings. The number of pyridine rings is 1. The molecule has 0 aliphatic carbocycles. The van der Waals surface area contributed by atoms with Crippen LogP contribution >= 0.6 is 0 Å². The van der Waals surface area contributed by atoms with E-state index in [9.17, 15) is 4.79 Å². The normalized spacial score (nSPS) is 14.6. The summed E-state index contributed by atoms with van der Waals surface area (Å²) in [6.07, 6.45) is 5.28. The summed E-state index contributed by atoms with van der Waals surface area (Å²) in [7, 11) is 0. The van der Waals surface area contributed by atoms with Crippen molar-refractivity contribution in [1.29, 1.82) is 0 Å². The molecule has 1 aliphatic rings. The van der Waals surface area contributed by atoms with Crippen LogP contribution in [-0.2, 0) is 0 Å². The molecule has 0 atom stereocenters. The fourth-order valence-electron chi connectivity index (χ4n) is 3.37. The number of nitrogens with zero attached hydrogens (tertiary/aromatic N) is 3. The monoisotopic (exact) mass is 337 g/mol. The SMILES string of the molecule is CCCN(CCN1CCCC1)C(=O)c1ccnc(-c2ccccc2)c1. The van der Waals surface area contributed by atoms with Crippen LogP contribution in [0.3, 0.4) is 0 Å². The number of carbonyl (C=O) groups excluding carboxylic acids is 1. The van der Waals surface area contributed by atoms with Gasteiger partial charge in [0.15, 0.2) is 0 Å². The molecule has 25 heavy (non-hydrogen) atoms. The lowest BCUT2D eigenvalue weighted by Gasteiger charge is -2.25. The van der Waals surface area contributed by atoms with Crippen LogP contribution in [0, 0.1) is 0 Å². The number of hydrogen-bond acceptors (Lipinski definition) is 3. The number of aromatic nitrogens is 1. The summed E-state index contributed by atoms with van der Waals surface area (Å²) >= 11 is 0. The highest BCUT2D eigenvalue weighted by Crippen LogP contribution is 2.18. The highest BCUT2D eigenvalue weighted by molar-refractivity contribution is 5.95. The third-order valence-corrected chi connectivity index (χ3v) is 4.74. The first-order valence-corrected chi connectivity index (χ1v) is 9.31. The van der Waals surface area contributed by atoms with Crippen molar-refractivity contribution in [3.05, 3.63) is 54.2 Å². The average molecular weight is 337 g/mol. The number of amides is 1. The van der Waals surface area contributed by atoms with Gasteiger partial charge < -0.3 is 9.80 Å². The second-order valence-electron chi connectivity index (χ2n) is 6.64. The van der Waals surface area contributed by atoms with Gasteiger partial charge in [0.2, 0.25) is 0 Å². The Balaban J connectivity index is 1.72. The zero-order valence-corrected chi connectivity index (χ0v) is 15.0. The van der Waals surface area contributed by atoms with Gasteiger partial charge in [-0.1, -0.05) is 37.3 Å². The van der Waals surface area contributed by atoms with E-state index in [1.807, 2.05) is 47.4 Å². The highest BCUT2D eigenvalue weighted by atomic mass is 16.2. The van der Waals surface area contributed by atoms with E-state index in [-0.39, 0.29) is 5.91 Å². The molecule has 1 saturated heterocycles. The zero-order valence-electron chi connectivity index (χ0n) is 15.0. The molecular weight excluding hydrogens is 310 g/mol. The van der Waals surface area contributed by atoms with Crippen LogP contribution in [0.2, 0.25) is 0 Å². The minimum atomic E-state index is 0.112. The van der Waals surface area contributed by atoms with Gasteiger partial charge in [-0.2, -0.15) is 0 Å². The lowest BCUT2D eigenvalue weighted by molar-refractivity contribution is 0.0740. The molecule has 0 N–H and O–H groups in total. The van der Waals surface area contributed by atoms with Crippen LogP contribution in [-0.4, -0.2) is 53.4 Å². The maximum absolute atomic E-state index is 13.0. The Labute approximate surface area is 150 Å². The van der Waals surface area contributed by atoms with Crippen LogP contribution in [0.15, 0.2) is 48.7 Å². The molecule has 0 saturated carbocycles. The highest BCUT2D eigenvalue weighted by Gasteiger charge is 2.18. The summed E-state index contributed by atoms with van der Waals surface area (Å²) in [5.41, 5.74) is 2.61. The fraction of sp³-hybridized carbons (Fsp3) is 0.429. The first-order valence-electron chi connectivity index (χ1n) is 9.31. The number of rotatable bonds is 7. The molecule has 2 aromatic rings. The lowest BCUT2D eigenvalue weighted by Crippen LogP contribution is -2.38. The van der Waals surface area contributed by atoms with E-state index < -0.39 is 0 Å². The molecule has 132 valence electrons. The lowest BCUT2D eigenvalue weighted by atomic mass is 10.1. The summed E-state index contributed by atoms with van der Waals surface area (Å²) in [6, 6.07) is 13.8. The Kier molecular flexibility index (Phi) is 6.18. The summed E-state index contributed by atoms with van der Waals surface area (Å²) in [4.78, 5) is 21.9. The number of hydrogen-bond donors (Lipinski definition) is 0. The van der Waals surface area contributed by atoms with Gasteiger partial charge in [-0.3, -0.25) is 9.78 Å². The number of carbonyl (C=O) groups is 1. The minimum absolute atomic E-state index is 0.112. The Morgan fingerprint density at radius 3 is 2.60 bits per heavy atom. The smallest absolute Gasteiger partial charge is 0.254 e. The van der Waals surface area contributed by atoms with Gasteiger partial charge in [0, 0.05) is 37.0 Å². The van der Waals surface area contributed by atoms with E-state index in [0.717, 1.165) is 42.9 Å². The maximum atomic E-state index is 13.0. The van der Waals surface area contributed by atoms with Crippen LogP contribution in [0.25, 0.3) is 11.3 Å². The van der Waals surface area contributed by atoms with E-state index in [0.29, 0.717) is 0 Å². The van der Waals surface area contributed by atoms with Gasteiger partial charge in [-0.25, -0.2) is 0 Å². The Morgan fingerprint density at radius 2 is 1.88 bits per heavy atom. The number of likely N-dealkylation sites (tertiary alicyclic amines) is 1. The standard InChI is InChI=1S/C21H27N3O/c1-2-12-24(16-15-23-13-6-7-14-23)21(25)19-10-11-22-20(17-19)18-8-4-3-5-9-18/h3-5,8-11,17H,2,6-7,12-16H2,1H3. The molecule has 0 radical (unpaired) electrons. The molecule has 3 rings (SSSR count). The van der Waals surface area contributed by atoms with Gasteiger partial charge in [0.1, 0.15) is 0 Å². The average Bonchev–Trinajstić information content (AvgIpc) is 3.19. The summed E-state index contributed by atoms with van der Waals surface area (Å²) < 4.78 is 0. The van der Waals surface area contributed by atoms with Crippen molar-refractivity contribution in [1.82, 2.24) is 14.8 Å². The molecule has 4 heteroatoms. The predicted molar refractivity (Wildman–Crippen MR) is 102 cm³/mol. The Bertz CT molecular complexity index is 681. The maximum Gasteiger partial charge on any atom is 0.254 e. The van der Waals surface area contributed by atoms with E-state index in [2.05, 4.69) is 16.8 Å². The van der Waals surface area contributed by atoms with Crippen molar-refractivity contribution in [3.8, 4) is 11.3 Å². The quantitative estimate of drug-likeness (QED) is 0.773. The molecule has 0 bridgehead atoms. The predicted octanol–water partition coefficient (Wildman–Crippen LogP) is 3.70. The fourth-order valence-corrected chi connectivity index (χ4v) is 3.37. The van der Waals surface area contributed by atoms with E-state index in [4.69, 9.17) is 0 Å². The van der Waals surface area contributed by atoms with Crippen LogP contribution in [0.1, 0.15) is 36.5 Å². The van der Waals surface area contributed by atoms with E-state index in [1.165, 1.54) is 25.9 Å². The Morgan fingerprint density at radius 1 is 1.12 bits per heavy atom. The van der Waals surface area contributed by atoms with Gasteiger partial charge in [0.25, 0.3) is 5.91 Å². The van der Waals surface area contributed by atoms with Crippen LogP contribution in [0.5, 0.6) is 0 Å². The molecule has 2 heterocycles. The van der Waals surface area contributed by atoms with Crippen molar-refractivity contribution in [3.63, 3.8) is 0 Å². The second kappa shape index (κ2) is 8.77. The summed E-state index contributed by atoms with van der Waals surface area (Å²) in [6.45, 7) is 7.04. The summed E-state index contributed by atoms with van der Waals surface area (Å²) in [5, 5.41) is 0. The van der Waals surface area contributed by atoms with Gasteiger partial charge in [-0.05, 0) is 44.5 Å². The molecular formula is C21H27N3O. The topological polar surface area (TPSA) is 36.4 Å². The second-order valence-corrected chi connectivity index (χ2v) is 6.64. The van der Waals surface area contributed by atoms with Gasteiger partial charge >= 0.3 is 0 Å². The third kappa shape index (κ3) is 4.67. The van der Waals surface area contributed by atoms with Crippen molar-refractivity contribution in [2.75, 3.05) is 32.7 Å². The number of benzene rings is 1. The van der Waals surface area contributed by atoms with E-state index in [1.54, 1.807) is 6.20 Å². The molecule has 0 spiro atoms. The largest absolute Gasteiger partial charge is 0.337 e. The van der Waals surface area contributed by atoms with Crippen LogP contribution < -0.4 is 0 Å². The first kappa shape index (κ1) is 17.6. The molecule has 1 aromatic carbocycles. The first-order chi connectivity index (χ1) is 12.3. The minimum Gasteiger partial charge on any atom is -0.337 e. The van der Waals surface area contributed by atoms with E-state index >= 15 is 0 Å². The molecule has 1 aromatic heterocycles. The van der Waals surface area contributed by atoms with Crippen molar-refractivity contribution < 1.29 is 4.79 Å². The zero-order chi connectivity index (χ0) is 17.5. The van der Waals surface area contributed by atoms with Crippen molar-refractivity contribution in [2.24, 2.45) is 0 Å². The molecule has 1 amide bonds. The molecule has 4 nitrogen and oxygen atoms in total. The van der Waals surface area contributed by atoms with Gasteiger partial charge in [0.05, 0.1) is 5.69 Å². The molecule has 0 unspecified atom stereocenters. The Hall–Kier alpha value is -2.20. The van der Waals surface area contributed by atoms with Crippen LogP contribution in [0.4, 0.5) is 0 Å². The third-order valence-electron chi connectivity index (χ3n) is 4.74.